The van der Waals surface area contributed by atoms with Gasteiger partial charge in [0.1, 0.15) is 23.3 Å². The average Bonchev–Trinajstić information content (AvgIpc) is 2.81. The number of H-pyrrole nitrogens is 1. The van der Waals surface area contributed by atoms with E-state index in [4.69, 9.17) is 11.1 Å². The predicted octanol–water partition coefficient (Wildman–Crippen LogP) is 2.79. The van der Waals surface area contributed by atoms with Crippen LogP contribution in [0.1, 0.15) is 5.56 Å². The Kier molecular flexibility index (Phi) is 2.71. The molecule has 0 atom stereocenters. The Bertz CT molecular complexity index is 803. The van der Waals surface area contributed by atoms with Crippen molar-refractivity contribution in [3.63, 3.8) is 0 Å². The summed E-state index contributed by atoms with van der Waals surface area (Å²) in [4.78, 5) is 7.01. The van der Waals surface area contributed by atoms with E-state index in [1.165, 1.54) is 6.07 Å². The molecular weight excluding hydrogens is 262 g/mol. The van der Waals surface area contributed by atoms with Gasteiger partial charge in [-0.1, -0.05) is 12.1 Å². The Morgan fingerprint density at radius 2 is 1.75 bits per heavy atom. The highest BCUT2D eigenvalue weighted by Gasteiger charge is 2.16. The molecule has 0 unspecified atom stereocenters. The fraction of sp³-hybridized carbons (Fsp3) is 0. The summed E-state index contributed by atoms with van der Waals surface area (Å²) in [6, 6.07) is 8.65. The molecule has 0 spiro atoms. The van der Waals surface area contributed by atoms with Crippen LogP contribution in [0.3, 0.4) is 0 Å². The van der Waals surface area contributed by atoms with Gasteiger partial charge in [0.25, 0.3) is 0 Å². The summed E-state index contributed by atoms with van der Waals surface area (Å²) in [5.74, 6) is -1.48. The van der Waals surface area contributed by atoms with E-state index in [0.29, 0.717) is 16.6 Å². The Morgan fingerprint density at radius 1 is 1.10 bits per heavy atom. The van der Waals surface area contributed by atoms with Crippen molar-refractivity contribution in [2.24, 2.45) is 5.73 Å². The number of halogens is 2. The Morgan fingerprint density at radius 3 is 2.40 bits per heavy atom. The number of rotatable bonds is 2. The number of amidine groups is 1. The van der Waals surface area contributed by atoms with Crippen molar-refractivity contribution in [2.75, 3.05) is 0 Å². The second-order valence-electron chi connectivity index (χ2n) is 4.30. The molecular formula is C14H10F2N4. The molecule has 100 valence electrons. The van der Waals surface area contributed by atoms with Crippen LogP contribution in [-0.4, -0.2) is 15.8 Å². The number of nitrogens with one attached hydrogen (secondary N) is 2. The van der Waals surface area contributed by atoms with E-state index in [1.807, 2.05) is 0 Å². The lowest BCUT2D eigenvalue weighted by atomic mass is 10.2. The van der Waals surface area contributed by atoms with Crippen LogP contribution in [0, 0.1) is 17.0 Å². The summed E-state index contributed by atoms with van der Waals surface area (Å²) in [6.45, 7) is 0. The summed E-state index contributed by atoms with van der Waals surface area (Å²) in [6.07, 6.45) is 0. The smallest absolute Gasteiger partial charge is 0.144 e. The Hall–Kier alpha value is -2.76. The van der Waals surface area contributed by atoms with Gasteiger partial charge in [0.05, 0.1) is 16.6 Å². The number of hydrogen-bond acceptors (Lipinski definition) is 2. The second kappa shape index (κ2) is 4.41. The van der Waals surface area contributed by atoms with Crippen molar-refractivity contribution in [3.05, 3.63) is 53.6 Å². The third kappa shape index (κ3) is 1.82. The standard InChI is InChI=1S/C14H10F2N4/c15-8-4-2-5-9(16)11(8)14-19-10-6-1-3-7(13(17)18)12(10)20-14/h1-6H,(H3,17,18)(H,19,20). The molecule has 4 nitrogen and oxygen atoms in total. The molecule has 1 aromatic heterocycles. The highest BCUT2D eigenvalue weighted by molar-refractivity contribution is 6.05. The van der Waals surface area contributed by atoms with Gasteiger partial charge in [-0.05, 0) is 24.3 Å². The molecule has 6 heteroatoms. The van der Waals surface area contributed by atoms with E-state index in [0.717, 1.165) is 12.1 Å². The molecule has 0 saturated heterocycles. The van der Waals surface area contributed by atoms with E-state index in [1.54, 1.807) is 18.2 Å². The van der Waals surface area contributed by atoms with Gasteiger partial charge in [-0.15, -0.1) is 0 Å². The minimum Gasteiger partial charge on any atom is -0.384 e. The minimum absolute atomic E-state index is 0.0734. The Labute approximate surface area is 112 Å². The van der Waals surface area contributed by atoms with E-state index >= 15 is 0 Å². The third-order valence-electron chi connectivity index (χ3n) is 3.00. The van der Waals surface area contributed by atoms with Gasteiger partial charge in [0.15, 0.2) is 0 Å². The fourth-order valence-corrected chi connectivity index (χ4v) is 2.09. The van der Waals surface area contributed by atoms with Gasteiger partial charge in [-0.3, -0.25) is 5.41 Å². The number of benzene rings is 2. The van der Waals surface area contributed by atoms with E-state index in [2.05, 4.69) is 9.97 Å². The van der Waals surface area contributed by atoms with Crippen LogP contribution in [-0.2, 0) is 0 Å². The maximum Gasteiger partial charge on any atom is 0.144 e. The van der Waals surface area contributed by atoms with E-state index < -0.39 is 11.6 Å². The van der Waals surface area contributed by atoms with Crippen LogP contribution < -0.4 is 5.73 Å². The number of fused-ring (bicyclic) bond motifs is 1. The minimum atomic E-state index is -0.701. The maximum atomic E-state index is 13.8. The molecule has 0 aliphatic carbocycles. The SMILES string of the molecule is N=C(N)c1cccc2[nH]c(-c3c(F)cccc3F)nc12. The van der Waals surface area contributed by atoms with E-state index in [9.17, 15) is 8.78 Å². The van der Waals surface area contributed by atoms with Crippen molar-refractivity contribution in [2.45, 2.75) is 0 Å². The van der Waals surface area contributed by atoms with Crippen LogP contribution in [0.4, 0.5) is 8.78 Å². The number of nitrogens with two attached hydrogens (primary N) is 1. The highest BCUT2D eigenvalue weighted by Crippen LogP contribution is 2.26. The quantitative estimate of drug-likeness (QED) is 0.495. The number of imidazole rings is 1. The first kappa shape index (κ1) is 12.3. The lowest BCUT2D eigenvalue weighted by Gasteiger charge is -2.00. The first-order chi connectivity index (χ1) is 9.58. The first-order valence-electron chi connectivity index (χ1n) is 5.85. The Balaban J connectivity index is 2.29. The molecule has 1 heterocycles. The lowest BCUT2D eigenvalue weighted by molar-refractivity contribution is 0.588. The summed E-state index contributed by atoms with van der Waals surface area (Å²) in [7, 11) is 0. The molecule has 0 bridgehead atoms. The number of nitrogen functional groups attached to an aromatic ring is 1. The molecule has 0 amide bonds. The average molecular weight is 272 g/mol. The maximum absolute atomic E-state index is 13.8. The fourth-order valence-electron chi connectivity index (χ4n) is 2.09. The molecule has 3 rings (SSSR count). The molecule has 0 fully saturated rings. The van der Waals surface area contributed by atoms with Crippen molar-refractivity contribution in [1.29, 1.82) is 5.41 Å². The topological polar surface area (TPSA) is 78.5 Å². The van der Waals surface area contributed by atoms with Crippen LogP contribution in [0.5, 0.6) is 0 Å². The van der Waals surface area contributed by atoms with Gasteiger partial charge < -0.3 is 10.7 Å². The molecule has 0 saturated carbocycles. The number of aromatic amines is 1. The largest absolute Gasteiger partial charge is 0.384 e. The van der Waals surface area contributed by atoms with E-state index in [-0.39, 0.29) is 17.2 Å². The first-order valence-corrected chi connectivity index (χ1v) is 5.85. The van der Waals surface area contributed by atoms with Crippen molar-refractivity contribution in [3.8, 4) is 11.4 Å². The molecule has 0 aliphatic rings. The zero-order valence-electron chi connectivity index (χ0n) is 10.2. The molecule has 3 aromatic rings. The van der Waals surface area contributed by atoms with Crippen LogP contribution >= 0.6 is 0 Å². The number of aromatic nitrogens is 2. The monoisotopic (exact) mass is 272 g/mol. The summed E-state index contributed by atoms with van der Waals surface area (Å²) >= 11 is 0. The van der Waals surface area contributed by atoms with Gasteiger partial charge in [-0.25, -0.2) is 13.8 Å². The van der Waals surface area contributed by atoms with Gasteiger partial charge >= 0.3 is 0 Å². The summed E-state index contributed by atoms with van der Waals surface area (Å²) in [5.41, 5.74) is 6.64. The summed E-state index contributed by atoms with van der Waals surface area (Å²) < 4.78 is 27.5. The van der Waals surface area contributed by atoms with Crippen LogP contribution in [0.15, 0.2) is 36.4 Å². The number of hydrogen-bond donors (Lipinski definition) is 3. The highest BCUT2D eigenvalue weighted by atomic mass is 19.1. The van der Waals surface area contributed by atoms with Crippen molar-refractivity contribution in [1.82, 2.24) is 9.97 Å². The predicted molar refractivity (Wildman–Crippen MR) is 72.5 cm³/mol. The molecule has 2 aromatic carbocycles. The summed E-state index contributed by atoms with van der Waals surface area (Å²) in [5, 5.41) is 7.49. The number of nitrogens with zero attached hydrogens (tertiary/aromatic N) is 1. The molecule has 4 N–H and O–H groups in total. The molecule has 20 heavy (non-hydrogen) atoms. The molecule has 0 radical (unpaired) electrons. The van der Waals surface area contributed by atoms with Crippen molar-refractivity contribution >= 4 is 16.9 Å². The zero-order valence-corrected chi connectivity index (χ0v) is 10.2. The van der Waals surface area contributed by atoms with Crippen LogP contribution in [0.2, 0.25) is 0 Å². The van der Waals surface area contributed by atoms with Crippen molar-refractivity contribution < 1.29 is 8.78 Å². The van der Waals surface area contributed by atoms with Gasteiger partial charge in [0, 0.05) is 5.56 Å². The van der Waals surface area contributed by atoms with Crippen LogP contribution in [0.25, 0.3) is 22.4 Å². The third-order valence-corrected chi connectivity index (χ3v) is 3.00. The lowest BCUT2D eigenvalue weighted by Crippen LogP contribution is -2.11. The van der Waals surface area contributed by atoms with Gasteiger partial charge in [0.2, 0.25) is 0 Å². The zero-order chi connectivity index (χ0) is 14.3. The van der Waals surface area contributed by atoms with Gasteiger partial charge in [-0.2, -0.15) is 0 Å². The molecule has 0 aliphatic heterocycles. The second-order valence-corrected chi connectivity index (χ2v) is 4.30. The normalized spacial score (nSPS) is 10.9. The number of para-hydroxylation sites is 1.